The van der Waals surface area contributed by atoms with Gasteiger partial charge in [0.05, 0.1) is 10.6 Å². The summed E-state index contributed by atoms with van der Waals surface area (Å²) in [5.41, 5.74) is 7.99. The van der Waals surface area contributed by atoms with Crippen molar-refractivity contribution < 1.29 is 8.42 Å². The Bertz CT molecular complexity index is 1330. The van der Waals surface area contributed by atoms with Gasteiger partial charge in [0.1, 0.15) is 5.69 Å². The standard InChI is InChI=1S/C20H17N7O2S/c1-13-3-4-14-12-24-19(21)18(17(14)11-13)26-25-15-5-7-16(8-6-15)30(28,29)27-20-22-9-2-10-23-20/h2-12H,1H3,(H2,21,24)(H,22,23,27)/b26-25+. The third kappa shape index (κ3) is 4.08. The lowest BCUT2D eigenvalue weighted by Gasteiger charge is -2.06. The number of nitrogens with two attached hydrogens (primary N) is 1. The van der Waals surface area contributed by atoms with Crippen molar-refractivity contribution in [1.82, 2.24) is 15.0 Å². The molecular weight excluding hydrogens is 402 g/mol. The fourth-order valence-corrected chi connectivity index (χ4v) is 3.72. The highest BCUT2D eigenvalue weighted by atomic mass is 32.2. The molecule has 0 radical (unpaired) electrons. The van der Waals surface area contributed by atoms with E-state index < -0.39 is 10.0 Å². The van der Waals surface area contributed by atoms with Crippen LogP contribution in [0.15, 0.2) is 82.2 Å². The van der Waals surface area contributed by atoms with Crippen LogP contribution in [-0.2, 0) is 10.0 Å². The van der Waals surface area contributed by atoms with E-state index in [9.17, 15) is 8.42 Å². The molecule has 0 atom stereocenters. The van der Waals surface area contributed by atoms with Gasteiger partial charge in [-0.1, -0.05) is 17.7 Å². The number of pyridine rings is 1. The van der Waals surface area contributed by atoms with Crippen LogP contribution in [0.1, 0.15) is 5.56 Å². The van der Waals surface area contributed by atoms with E-state index in [0.717, 1.165) is 16.3 Å². The monoisotopic (exact) mass is 419 g/mol. The second-order valence-electron chi connectivity index (χ2n) is 6.45. The maximum Gasteiger partial charge on any atom is 0.264 e. The molecule has 2 aromatic heterocycles. The molecule has 0 aliphatic rings. The molecule has 0 saturated heterocycles. The molecular formula is C20H17N7O2S. The zero-order valence-corrected chi connectivity index (χ0v) is 16.7. The van der Waals surface area contributed by atoms with E-state index >= 15 is 0 Å². The number of hydrogen-bond donors (Lipinski definition) is 2. The average molecular weight is 419 g/mol. The van der Waals surface area contributed by atoms with Crippen LogP contribution >= 0.6 is 0 Å². The molecule has 150 valence electrons. The lowest BCUT2D eigenvalue weighted by Crippen LogP contribution is -2.14. The van der Waals surface area contributed by atoms with E-state index in [1.807, 2.05) is 25.1 Å². The summed E-state index contributed by atoms with van der Waals surface area (Å²) >= 11 is 0. The average Bonchev–Trinajstić information content (AvgIpc) is 2.74. The van der Waals surface area contributed by atoms with Crippen molar-refractivity contribution in [3.8, 4) is 0 Å². The van der Waals surface area contributed by atoms with Gasteiger partial charge in [0.15, 0.2) is 5.82 Å². The van der Waals surface area contributed by atoms with Crippen molar-refractivity contribution in [2.75, 3.05) is 10.5 Å². The van der Waals surface area contributed by atoms with E-state index in [-0.39, 0.29) is 16.7 Å². The molecule has 4 rings (SSSR count). The fourth-order valence-electron chi connectivity index (χ4n) is 2.76. The molecule has 0 saturated carbocycles. The Kier molecular flexibility index (Phi) is 5.07. The molecule has 0 bridgehead atoms. The second kappa shape index (κ2) is 7.84. The maximum absolute atomic E-state index is 12.4. The Hall–Kier alpha value is -3.92. The number of nitrogen functional groups attached to an aromatic ring is 1. The number of aromatic nitrogens is 3. The largest absolute Gasteiger partial charge is 0.382 e. The quantitative estimate of drug-likeness (QED) is 0.467. The molecule has 10 heteroatoms. The predicted molar refractivity (Wildman–Crippen MR) is 114 cm³/mol. The Labute approximate surface area is 172 Å². The molecule has 2 heterocycles. The molecule has 9 nitrogen and oxygen atoms in total. The lowest BCUT2D eigenvalue weighted by atomic mass is 10.1. The minimum atomic E-state index is -3.81. The number of sulfonamides is 1. The van der Waals surface area contributed by atoms with E-state index in [0.29, 0.717) is 11.4 Å². The van der Waals surface area contributed by atoms with E-state index in [2.05, 4.69) is 29.9 Å². The van der Waals surface area contributed by atoms with Gasteiger partial charge in [0.25, 0.3) is 10.0 Å². The van der Waals surface area contributed by atoms with Crippen molar-refractivity contribution in [2.24, 2.45) is 10.2 Å². The first-order valence-electron chi connectivity index (χ1n) is 8.89. The fraction of sp³-hybridized carbons (Fsp3) is 0.0500. The van der Waals surface area contributed by atoms with Crippen LogP contribution in [0, 0.1) is 6.92 Å². The number of fused-ring (bicyclic) bond motifs is 1. The number of anilines is 2. The summed E-state index contributed by atoms with van der Waals surface area (Å²) in [5, 5.41) is 10.2. The Morgan fingerprint density at radius 2 is 1.70 bits per heavy atom. The second-order valence-corrected chi connectivity index (χ2v) is 8.14. The molecule has 4 aromatic rings. The van der Waals surface area contributed by atoms with Crippen LogP contribution in [0.2, 0.25) is 0 Å². The maximum atomic E-state index is 12.4. The van der Waals surface area contributed by atoms with Crippen LogP contribution in [0.5, 0.6) is 0 Å². The van der Waals surface area contributed by atoms with Gasteiger partial charge in [-0.25, -0.2) is 28.1 Å². The lowest BCUT2D eigenvalue weighted by molar-refractivity contribution is 0.601. The first kappa shape index (κ1) is 19.4. The smallest absolute Gasteiger partial charge is 0.264 e. The molecule has 3 N–H and O–H groups in total. The molecule has 0 aliphatic heterocycles. The minimum Gasteiger partial charge on any atom is -0.382 e. The van der Waals surface area contributed by atoms with Gasteiger partial charge >= 0.3 is 0 Å². The SMILES string of the molecule is Cc1ccc2cnc(N)c(/N=N/c3ccc(S(=O)(=O)Nc4ncccn4)cc3)c2c1. The van der Waals surface area contributed by atoms with Gasteiger partial charge < -0.3 is 5.73 Å². The number of aryl methyl sites for hydroxylation is 1. The summed E-state index contributed by atoms with van der Waals surface area (Å²) in [4.78, 5) is 11.9. The highest BCUT2D eigenvalue weighted by molar-refractivity contribution is 7.92. The molecule has 0 amide bonds. The number of azo groups is 1. The zero-order chi connectivity index (χ0) is 21.1. The van der Waals surface area contributed by atoms with Gasteiger partial charge in [0, 0.05) is 29.4 Å². The Morgan fingerprint density at radius 3 is 2.43 bits per heavy atom. The molecule has 30 heavy (non-hydrogen) atoms. The third-order valence-corrected chi connectivity index (χ3v) is 5.60. The van der Waals surface area contributed by atoms with Gasteiger partial charge in [0.2, 0.25) is 5.95 Å². The van der Waals surface area contributed by atoms with Gasteiger partial charge in [-0.05, 0) is 43.3 Å². The topological polar surface area (TPSA) is 136 Å². The van der Waals surface area contributed by atoms with Crippen molar-refractivity contribution in [3.05, 3.63) is 72.7 Å². The minimum absolute atomic E-state index is 0.00418. The highest BCUT2D eigenvalue weighted by Gasteiger charge is 2.15. The summed E-state index contributed by atoms with van der Waals surface area (Å²) in [5.74, 6) is 0.263. The number of nitrogens with zero attached hydrogens (tertiary/aromatic N) is 5. The zero-order valence-electron chi connectivity index (χ0n) is 15.9. The van der Waals surface area contributed by atoms with Crippen LogP contribution in [0.3, 0.4) is 0 Å². The molecule has 0 aliphatic carbocycles. The van der Waals surface area contributed by atoms with E-state index in [1.165, 1.54) is 24.5 Å². The van der Waals surface area contributed by atoms with Crippen LogP contribution < -0.4 is 10.5 Å². The first-order valence-corrected chi connectivity index (χ1v) is 10.4. The third-order valence-electron chi connectivity index (χ3n) is 4.25. The molecule has 2 aromatic carbocycles. The Balaban J connectivity index is 1.60. The highest BCUT2D eigenvalue weighted by Crippen LogP contribution is 2.32. The summed E-state index contributed by atoms with van der Waals surface area (Å²) in [7, 11) is -3.81. The number of benzene rings is 2. The van der Waals surface area contributed by atoms with Crippen LogP contribution in [-0.4, -0.2) is 23.4 Å². The number of hydrogen-bond acceptors (Lipinski definition) is 8. The van der Waals surface area contributed by atoms with E-state index in [4.69, 9.17) is 5.73 Å². The Morgan fingerprint density at radius 1 is 0.967 bits per heavy atom. The van der Waals surface area contributed by atoms with Crippen molar-refractivity contribution in [3.63, 3.8) is 0 Å². The summed E-state index contributed by atoms with van der Waals surface area (Å²) in [6, 6.07) is 13.4. The summed E-state index contributed by atoms with van der Waals surface area (Å²) in [6.45, 7) is 1.98. The molecule has 0 fully saturated rings. The first-order chi connectivity index (χ1) is 14.4. The molecule has 0 spiro atoms. The van der Waals surface area contributed by atoms with Gasteiger partial charge in [-0.15, -0.1) is 5.11 Å². The summed E-state index contributed by atoms with van der Waals surface area (Å²) < 4.78 is 27.2. The van der Waals surface area contributed by atoms with Crippen LogP contribution in [0.25, 0.3) is 10.8 Å². The predicted octanol–water partition coefficient (Wildman–Crippen LogP) is 4.13. The normalized spacial score (nSPS) is 11.8. The summed E-state index contributed by atoms with van der Waals surface area (Å²) in [6.07, 6.45) is 4.58. The van der Waals surface area contributed by atoms with Crippen molar-refractivity contribution in [1.29, 1.82) is 0 Å². The number of rotatable bonds is 5. The number of nitrogens with one attached hydrogen (secondary N) is 1. The van der Waals surface area contributed by atoms with Crippen molar-refractivity contribution >= 4 is 43.9 Å². The van der Waals surface area contributed by atoms with Crippen LogP contribution in [0.4, 0.5) is 23.1 Å². The molecule has 0 unspecified atom stereocenters. The van der Waals surface area contributed by atoms with Crippen molar-refractivity contribution in [2.45, 2.75) is 11.8 Å². The van der Waals surface area contributed by atoms with Gasteiger partial charge in [-0.3, -0.25) is 0 Å². The van der Waals surface area contributed by atoms with Gasteiger partial charge in [-0.2, -0.15) is 5.11 Å². The van der Waals surface area contributed by atoms with E-state index in [1.54, 1.807) is 24.4 Å².